The lowest BCUT2D eigenvalue weighted by Gasteiger charge is -1.92. The van der Waals surface area contributed by atoms with E-state index in [0.717, 1.165) is 0 Å². The van der Waals surface area contributed by atoms with Gasteiger partial charge in [-0.2, -0.15) is 0 Å². The monoisotopic (exact) mass is 216 g/mol. The van der Waals surface area contributed by atoms with Gasteiger partial charge >= 0.3 is 0 Å². The third kappa shape index (κ3) is 1.75. The van der Waals surface area contributed by atoms with Gasteiger partial charge in [0.1, 0.15) is 11.4 Å². The number of rotatable bonds is 2. The van der Waals surface area contributed by atoms with Crippen molar-refractivity contribution in [3.05, 3.63) is 29.9 Å². The number of hydrogen-bond donors (Lipinski definition) is 1. The molecular weight excluding hydrogens is 204 g/mol. The minimum Gasteiger partial charge on any atom is -0.356 e. The predicted octanol–water partition coefficient (Wildman–Crippen LogP) is 0.616. The molecule has 1 aromatic carbocycles. The molecule has 2 rings (SSSR count). The Morgan fingerprint density at radius 2 is 2.21 bits per heavy atom. The van der Waals surface area contributed by atoms with Gasteiger partial charge in [0.2, 0.25) is 10.0 Å². The van der Waals surface area contributed by atoms with Crippen molar-refractivity contribution in [3.63, 3.8) is 0 Å². The summed E-state index contributed by atoms with van der Waals surface area (Å²) in [6, 6.07) is -1.75. The van der Waals surface area contributed by atoms with Crippen LogP contribution in [0.4, 0.5) is 0 Å². The number of benzene rings is 1. The molecule has 0 saturated carbocycles. The minimum atomic E-state index is -3.87. The maximum atomic E-state index is 11.0. The van der Waals surface area contributed by atoms with Crippen molar-refractivity contribution in [2.45, 2.75) is 5.75 Å². The van der Waals surface area contributed by atoms with Crippen LogP contribution in [0.5, 0.6) is 0 Å². The lowest BCUT2D eigenvalue weighted by Crippen LogP contribution is -2.14. The zero-order valence-electron chi connectivity index (χ0n) is 10.9. The van der Waals surface area contributed by atoms with Crippen LogP contribution in [-0.4, -0.2) is 13.6 Å². The summed E-state index contributed by atoms with van der Waals surface area (Å²) in [5.41, 5.74) is -0.306. The van der Waals surface area contributed by atoms with Crippen LogP contribution in [-0.2, 0) is 15.8 Å². The maximum absolute atomic E-state index is 11.0. The van der Waals surface area contributed by atoms with Gasteiger partial charge in [0.05, 0.1) is 5.48 Å². The first kappa shape index (κ1) is 5.47. The average molecular weight is 216 g/mol. The molecular formula is C8H8N2O3S. The summed E-state index contributed by atoms with van der Waals surface area (Å²) in [4.78, 5) is 0. The van der Waals surface area contributed by atoms with Crippen molar-refractivity contribution >= 4 is 21.0 Å². The van der Waals surface area contributed by atoms with E-state index in [4.69, 9.17) is 15.1 Å². The van der Waals surface area contributed by atoms with Crippen molar-refractivity contribution < 1.29 is 18.4 Å². The van der Waals surface area contributed by atoms with E-state index in [-0.39, 0.29) is 16.7 Å². The largest absolute Gasteiger partial charge is 0.356 e. The zero-order valence-corrected chi connectivity index (χ0v) is 7.68. The third-order valence-electron chi connectivity index (χ3n) is 1.53. The van der Waals surface area contributed by atoms with Gasteiger partial charge in [-0.05, 0) is 12.1 Å². The fourth-order valence-electron chi connectivity index (χ4n) is 1.01. The number of hydrogen-bond acceptors (Lipinski definition) is 4. The van der Waals surface area contributed by atoms with Gasteiger partial charge in [-0.1, -0.05) is 17.2 Å². The fourth-order valence-corrected chi connectivity index (χ4v) is 1.59. The van der Waals surface area contributed by atoms with Crippen molar-refractivity contribution in [2.24, 2.45) is 5.14 Å². The number of sulfonamides is 1. The SMILES string of the molecule is [2H]c1c([2H])c([2H])c2c(CS(N)(=O)=O)noc2c1[2H]. The van der Waals surface area contributed by atoms with Crippen LogP contribution >= 0.6 is 0 Å². The maximum Gasteiger partial charge on any atom is 0.214 e. The first-order chi connectivity index (χ1) is 8.22. The van der Waals surface area contributed by atoms with Crippen LogP contribution in [0.2, 0.25) is 0 Å². The van der Waals surface area contributed by atoms with Crippen molar-refractivity contribution in [1.29, 1.82) is 0 Å². The van der Waals surface area contributed by atoms with Gasteiger partial charge in [0.25, 0.3) is 0 Å². The first-order valence-corrected chi connectivity index (χ1v) is 5.29. The smallest absolute Gasteiger partial charge is 0.214 e. The second-order valence-corrected chi connectivity index (χ2v) is 4.25. The van der Waals surface area contributed by atoms with Crippen LogP contribution in [0, 0.1) is 0 Å². The number of nitrogens with zero attached hydrogens (tertiary/aromatic N) is 1. The van der Waals surface area contributed by atoms with E-state index in [1.165, 1.54) is 0 Å². The van der Waals surface area contributed by atoms with Crippen molar-refractivity contribution in [2.75, 3.05) is 0 Å². The Hall–Kier alpha value is -1.40. The Kier molecular flexibility index (Phi) is 1.20. The molecule has 14 heavy (non-hydrogen) atoms. The van der Waals surface area contributed by atoms with Crippen molar-refractivity contribution in [1.82, 2.24) is 5.16 Å². The average Bonchev–Trinajstić information content (AvgIpc) is 2.65. The first-order valence-electron chi connectivity index (χ1n) is 5.57. The second-order valence-electron chi connectivity index (χ2n) is 2.64. The summed E-state index contributed by atoms with van der Waals surface area (Å²) in [7, 11) is -3.87. The quantitative estimate of drug-likeness (QED) is 0.797. The number of aromatic nitrogens is 1. The standard InChI is InChI=1S/C8H8N2O3S/c9-14(11,12)5-7-6-3-1-2-4-8(6)13-10-7/h1-4H,5H2,(H2,9,11,12)/i1D,2D,3D,4D. The molecule has 0 spiro atoms. The van der Waals surface area contributed by atoms with Crippen LogP contribution in [0.1, 0.15) is 11.2 Å². The van der Waals surface area contributed by atoms with E-state index in [1.54, 1.807) is 0 Å². The summed E-state index contributed by atoms with van der Waals surface area (Å²) in [6.07, 6.45) is 0. The van der Waals surface area contributed by atoms with Gasteiger partial charge in [0.15, 0.2) is 5.58 Å². The molecule has 0 aliphatic heterocycles. The summed E-state index contributed by atoms with van der Waals surface area (Å²) < 4.78 is 56.9. The highest BCUT2D eigenvalue weighted by Crippen LogP contribution is 2.18. The number of nitrogens with two attached hydrogens (primary N) is 1. The van der Waals surface area contributed by atoms with E-state index in [9.17, 15) is 8.42 Å². The summed E-state index contributed by atoms with van der Waals surface area (Å²) in [5, 5.41) is 8.26. The molecule has 1 heterocycles. The highest BCUT2D eigenvalue weighted by atomic mass is 32.2. The molecule has 0 aliphatic rings. The molecule has 2 aromatic rings. The van der Waals surface area contributed by atoms with Crippen LogP contribution in [0.3, 0.4) is 0 Å². The number of para-hydroxylation sites is 1. The Bertz CT molecular complexity index is 741. The lowest BCUT2D eigenvalue weighted by atomic mass is 10.2. The van der Waals surface area contributed by atoms with E-state index >= 15 is 0 Å². The Balaban J connectivity index is 2.81. The fraction of sp³-hybridized carbons (Fsp3) is 0.125. The molecule has 0 radical (unpaired) electrons. The molecule has 1 aromatic heterocycles. The van der Waals surface area contributed by atoms with E-state index < -0.39 is 39.9 Å². The molecule has 74 valence electrons. The molecule has 0 unspecified atom stereocenters. The molecule has 0 aliphatic carbocycles. The van der Waals surface area contributed by atoms with Gasteiger partial charge in [0, 0.05) is 5.39 Å². The van der Waals surface area contributed by atoms with Crippen LogP contribution in [0.25, 0.3) is 11.0 Å². The van der Waals surface area contributed by atoms with Gasteiger partial charge in [-0.15, -0.1) is 0 Å². The molecule has 2 N–H and O–H groups in total. The zero-order chi connectivity index (χ0) is 13.7. The molecule has 0 saturated heterocycles. The van der Waals surface area contributed by atoms with Crippen LogP contribution < -0.4 is 5.14 Å². The van der Waals surface area contributed by atoms with Crippen molar-refractivity contribution in [3.8, 4) is 0 Å². The molecule has 5 nitrogen and oxygen atoms in total. The van der Waals surface area contributed by atoms with E-state index in [2.05, 4.69) is 5.16 Å². The van der Waals surface area contributed by atoms with Gasteiger partial charge in [-0.25, -0.2) is 13.6 Å². The Morgan fingerprint density at radius 1 is 1.50 bits per heavy atom. The molecule has 0 atom stereocenters. The number of primary sulfonamides is 1. The second kappa shape index (κ2) is 3.07. The molecule has 0 amide bonds. The normalized spacial score (nSPS) is 16.1. The summed E-state index contributed by atoms with van der Waals surface area (Å²) >= 11 is 0. The number of fused-ring (bicyclic) bond motifs is 1. The van der Waals surface area contributed by atoms with Crippen LogP contribution in [0.15, 0.2) is 28.7 Å². The van der Waals surface area contributed by atoms with Gasteiger partial charge < -0.3 is 4.52 Å². The molecule has 0 fully saturated rings. The Labute approximate surface area is 86.2 Å². The summed E-state index contributed by atoms with van der Waals surface area (Å²) in [6.45, 7) is 0. The minimum absolute atomic E-state index is 0.0602. The predicted molar refractivity (Wildman–Crippen MR) is 50.8 cm³/mol. The van der Waals surface area contributed by atoms with E-state index in [0.29, 0.717) is 0 Å². The lowest BCUT2D eigenvalue weighted by molar-refractivity contribution is 0.448. The third-order valence-corrected chi connectivity index (χ3v) is 2.20. The topological polar surface area (TPSA) is 86.2 Å². The highest BCUT2D eigenvalue weighted by molar-refractivity contribution is 7.88. The summed E-state index contributed by atoms with van der Waals surface area (Å²) in [5.74, 6) is -0.651. The van der Waals surface area contributed by atoms with Gasteiger partial charge in [-0.3, -0.25) is 0 Å². The molecule has 0 bridgehead atoms. The Morgan fingerprint density at radius 3 is 2.93 bits per heavy atom. The highest BCUT2D eigenvalue weighted by Gasteiger charge is 2.12. The van der Waals surface area contributed by atoms with E-state index in [1.807, 2.05) is 0 Å². The molecule has 6 heteroatoms.